The Kier molecular flexibility index (Phi) is 5.99. The maximum absolute atomic E-state index is 13.1. The second-order valence-corrected chi connectivity index (χ2v) is 13.5. The van der Waals surface area contributed by atoms with E-state index in [4.69, 9.17) is 0 Å². The number of fused-ring (bicyclic) bond motifs is 1. The quantitative estimate of drug-likeness (QED) is 0.507. The molecule has 180 valence electrons. The summed E-state index contributed by atoms with van der Waals surface area (Å²) < 4.78 is 0. The van der Waals surface area contributed by atoms with Gasteiger partial charge in [-0.15, -0.1) is 0 Å². The molecule has 0 fully saturated rings. The third-order valence-corrected chi connectivity index (χ3v) is 9.12. The van der Waals surface area contributed by atoms with Crippen LogP contribution in [0.15, 0.2) is 41.0 Å². The van der Waals surface area contributed by atoms with Crippen LogP contribution < -0.4 is 5.32 Å². The van der Waals surface area contributed by atoms with Gasteiger partial charge in [0.05, 0.1) is 0 Å². The summed E-state index contributed by atoms with van der Waals surface area (Å²) in [5.41, 5.74) is 9.21. The van der Waals surface area contributed by atoms with Crippen molar-refractivity contribution in [1.29, 1.82) is 0 Å². The van der Waals surface area contributed by atoms with E-state index in [9.17, 15) is 4.79 Å². The molecule has 4 rings (SSSR count). The highest BCUT2D eigenvalue weighted by atomic mass is 16.1. The van der Waals surface area contributed by atoms with Crippen molar-refractivity contribution in [3.05, 3.63) is 57.7 Å². The van der Waals surface area contributed by atoms with Gasteiger partial charge in [-0.1, -0.05) is 79.2 Å². The number of hydrogen-bond acceptors (Lipinski definition) is 1. The van der Waals surface area contributed by atoms with Crippen LogP contribution in [0, 0.1) is 10.8 Å². The van der Waals surface area contributed by atoms with Gasteiger partial charge in [0, 0.05) is 12.1 Å². The van der Waals surface area contributed by atoms with Crippen molar-refractivity contribution in [3.8, 4) is 0 Å². The van der Waals surface area contributed by atoms with Crippen LogP contribution in [-0.4, -0.2) is 12.5 Å². The van der Waals surface area contributed by atoms with Crippen LogP contribution in [0.25, 0.3) is 0 Å². The number of hydrogen-bond donors (Lipinski definition) is 1. The third-order valence-electron chi connectivity index (χ3n) is 9.12. The Labute approximate surface area is 202 Å². The zero-order valence-electron chi connectivity index (χ0n) is 22.4. The molecule has 1 amide bonds. The molecule has 0 aliphatic heterocycles. The SMILES string of the molecule is CC1(C)CCC(C)(C)C2=C1C=C(C(=O)NCCc1ccc3c(c1)C(C)(C)CCC3(C)C)CC2. The molecule has 33 heavy (non-hydrogen) atoms. The topological polar surface area (TPSA) is 29.1 Å². The minimum Gasteiger partial charge on any atom is -0.352 e. The molecule has 0 saturated carbocycles. The lowest BCUT2D eigenvalue weighted by molar-refractivity contribution is -0.117. The largest absolute Gasteiger partial charge is 0.352 e. The van der Waals surface area contributed by atoms with Crippen LogP contribution >= 0.6 is 0 Å². The number of rotatable bonds is 4. The fraction of sp³-hybridized carbons (Fsp3) is 0.645. The number of benzene rings is 1. The van der Waals surface area contributed by atoms with E-state index in [1.54, 1.807) is 5.57 Å². The van der Waals surface area contributed by atoms with E-state index in [-0.39, 0.29) is 27.6 Å². The van der Waals surface area contributed by atoms with Gasteiger partial charge in [-0.05, 0) is 94.9 Å². The van der Waals surface area contributed by atoms with Gasteiger partial charge in [0.1, 0.15) is 0 Å². The van der Waals surface area contributed by atoms with E-state index >= 15 is 0 Å². The van der Waals surface area contributed by atoms with Crippen LogP contribution in [0.4, 0.5) is 0 Å². The molecule has 3 aliphatic rings. The number of nitrogens with one attached hydrogen (secondary N) is 1. The first-order valence-corrected chi connectivity index (χ1v) is 13.1. The van der Waals surface area contributed by atoms with Crippen molar-refractivity contribution in [2.75, 3.05) is 6.54 Å². The zero-order chi connectivity index (χ0) is 24.2. The highest BCUT2D eigenvalue weighted by Gasteiger charge is 2.40. The van der Waals surface area contributed by atoms with Crippen molar-refractivity contribution < 1.29 is 4.79 Å². The van der Waals surface area contributed by atoms with Crippen molar-refractivity contribution in [2.45, 2.75) is 111 Å². The number of allylic oxidation sites excluding steroid dienone is 3. The van der Waals surface area contributed by atoms with Crippen molar-refractivity contribution >= 4 is 5.91 Å². The molecule has 2 heteroatoms. The summed E-state index contributed by atoms with van der Waals surface area (Å²) >= 11 is 0. The lowest BCUT2D eigenvalue weighted by Gasteiger charge is -2.45. The van der Waals surface area contributed by atoms with Crippen LogP contribution in [0.1, 0.15) is 111 Å². The normalized spacial score (nSPS) is 24.4. The molecule has 0 heterocycles. The summed E-state index contributed by atoms with van der Waals surface area (Å²) in [5, 5.41) is 3.23. The Hall–Kier alpha value is -1.83. The Morgan fingerprint density at radius 1 is 0.788 bits per heavy atom. The molecule has 0 aromatic heterocycles. The predicted octanol–water partition coefficient (Wildman–Crippen LogP) is 7.56. The number of carbonyl (C=O) groups is 1. The number of carbonyl (C=O) groups excluding carboxylic acids is 1. The van der Waals surface area contributed by atoms with Crippen molar-refractivity contribution in [1.82, 2.24) is 5.32 Å². The summed E-state index contributed by atoms with van der Waals surface area (Å²) in [6, 6.07) is 7.03. The first-order valence-electron chi connectivity index (χ1n) is 13.1. The maximum atomic E-state index is 13.1. The minimum absolute atomic E-state index is 0.125. The highest BCUT2D eigenvalue weighted by Crippen LogP contribution is 2.52. The van der Waals surface area contributed by atoms with Crippen LogP contribution in [0.2, 0.25) is 0 Å². The molecule has 3 aliphatic carbocycles. The highest BCUT2D eigenvalue weighted by molar-refractivity contribution is 5.94. The van der Waals surface area contributed by atoms with E-state index in [1.807, 2.05) is 0 Å². The standard InChI is InChI=1S/C31H45NO/c1-28(2)14-16-30(5,6)25-19-21(9-11-23(25)28)13-18-32-27(33)22-10-12-24-26(20-22)31(7,8)17-15-29(24,3)4/h9,11,19-20H,10,12-18H2,1-8H3,(H,32,33). The second kappa shape index (κ2) is 8.14. The van der Waals surface area contributed by atoms with Crippen LogP contribution in [0.3, 0.4) is 0 Å². The molecule has 1 aromatic carbocycles. The molecule has 2 nitrogen and oxygen atoms in total. The van der Waals surface area contributed by atoms with Gasteiger partial charge < -0.3 is 5.32 Å². The Morgan fingerprint density at radius 2 is 1.39 bits per heavy atom. The lowest BCUT2D eigenvalue weighted by Crippen LogP contribution is -2.34. The Bertz CT molecular complexity index is 1020. The second-order valence-electron chi connectivity index (χ2n) is 13.5. The first kappa shape index (κ1) is 24.3. The summed E-state index contributed by atoms with van der Waals surface area (Å²) in [6.45, 7) is 19.6. The zero-order valence-corrected chi connectivity index (χ0v) is 22.4. The van der Waals surface area contributed by atoms with Gasteiger partial charge >= 0.3 is 0 Å². The smallest absolute Gasteiger partial charge is 0.247 e. The van der Waals surface area contributed by atoms with Crippen LogP contribution in [0.5, 0.6) is 0 Å². The monoisotopic (exact) mass is 447 g/mol. The summed E-state index contributed by atoms with van der Waals surface area (Å²) in [5.74, 6) is 0.125. The van der Waals surface area contributed by atoms with Crippen LogP contribution in [-0.2, 0) is 22.0 Å². The third kappa shape index (κ3) is 4.60. The van der Waals surface area contributed by atoms with E-state index in [0.29, 0.717) is 6.54 Å². The molecular formula is C31H45NO. The molecule has 1 N–H and O–H groups in total. The maximum Gasteiger partial charge on any atom is 0.247 e. The number of amides is 1. The molecule has 0 radical (unpaired) electrons. The summed E-state index contributed by atoms with van der Waals surface area (Å²) in [7, 11) is 0. The Morgan fingerprint density at radius 3 is 2.09 bits per heavy atom. The molecule has 0 unspecified atom stereocenters. The van der Waals surface area contributed by atoms with Gasteiger partial charge in [-0.3, -0.25) is 4.79 Å². The minimum atomic E-state index is 0.125. The molecule has 0 bridgehead atoms. The van der Waals surface area contributed by atoms with E-state index < -0.39 is 0 Å². The summed E-state index contributed by atoms with van der Waals surface area (Å²) in [4.78, 5) is 13.1. The average molecular weight is 448 g/mol. The van der Waals surface area contributed by atoms with E-state index in [2.05, 4.69) is 85.0 Å². The van der Waals surface area contributed by atoms with E-state index in [0.717, 1.165) is 24.8 Å². The molecular weight excluding hydrogens is 402 g/mol. The van der Waals surface area contributed by atoms with Crippen molar-refractivity contribution in [3.63, 3.8) is 0 Å². The fourth-order valence-electron chi connectivity index (χ4n) is 6.35. The summed E-state index contributed by atoms with van der Waals surface area (Å²) in [6.07, 6.45) is 9.91. The van der Waals surface area contributed by atoms with Gasteiger partial charge in [-0.2, -0.15) is 0 Å². The first-order chi connectivity index (χ1) is 15.2. The molecule has 1 aromatic rings. The molecule has 0 saturated heterocycles. The van der Waals surface area contributed by atoms with Gasteiger partial charge in [0.25, 0.3) is 0 Å². The lowest BCUT2D eigenvalue weighted by atomic mass is 9.60. The van der Waals surface area contributed by atoms with E-state index in [1.165, 1.54) is 47.9 Å². The average Bonchev–Trinajstić information content (AvgIpc) is 2.74. The molecule has 0 spiro atoms. The fourth-order valence-corrected chi connectivity index (χ4v) is 6.35. The van der Waals surface area contributed by atoms with Gasteiger partial charge in [0.15, 0.2) is 0 Å². The van der Waals surface area contributed by atoms with Gasteiger partial charge in [-0.25, -0.2) is 0 Å². The predicted molar refractivity (Wildman–Crippen MR) is 140 cm³/mol. The van der Waals surface area contributed by atoms with Crippen molar-refractivity contribution in [2.24, 2.45) is 10.8 Å². The Balaban J connectivity index is 1.45. The molecule has 0 atom stereocenters. The van der Waals surface area contributed by atoms with Gasteiger partial charge in [0.2, 0.25) is 5.91 Å².